The third-order valence-corrected chi connectivity index (χ3v) is 4.93. The van der Waals surface area contributed by atoms with Crippen LogP contribution < -0.4 is 10.6 Å². The molecule has 138 valence electrons. The van der Waals surface area contributed by atoms with E-state index < -0.39 is 0 Å². The third kappa shape index (κ3) is 5.72. The maximum Gasteiger partial charge on any atom is 0.253 e. The highest BCUT2D eigenvalue weighted by Gasteiger charge is 2.19. The maximum atomic E-state index is 12.4. The van der Waals surface area contributed by atoms with E-state index in [0.29, 0.717) is 19.0 Å². The Morgan fingerprint density at radius 3 is 2.44 bits per heavy atom. The second-order valence-corrected chi connectivity index (χ2v) is 6.82. The summed E-state index contributed by atoms with van der Waals surface area (Å²) in [5.74, 6) is 0.209. The van der Waals surface area contributed by atoms with Gasteiger partial charge in [-0.3, -0.25) is 9.59 Å². The Kier molecular flexibility index (Phi) is 7.72. The summed E-state index contributed by atoms with van der Waals surface area (Å²) in [7, 11) is 0. The van der Waals surface area contributed by atoms with Crippen molar-refractivity contribution in [2.75, 3.05) is 19.6 Å². The second-order valence-electron chi connectivity index (χ2n) is 6.82. The first kappa shape index (κ1) is 19.7. The predicted molar refractivity (Wildman–Crippen MR) is 101 cm³/mol. The molecule has 3 rings (SSSR count). The molecule has 1 unspecified atom stereocenters. The van der Waals surface area contributed by atoms with Crippen LogP contribution in [0.1, 0.15) is 54.4 Å². The third-order valence-electron chi connectivity index (χ3n) is 4.93. The highest BCUT2D eigenvalue weighted by molar-refractivity contribution is 5.94. The number of carbonyl (C=O) groups is 2. The smallest absolute Gasteiger partial charge is 0.253 e. The topological polar surface area (TPSA) is 61.4 Å². The molecule has 2 heterocycles. The van der Waals surface area contributed by atoms with E-state index in [0.717, 1.165) is 56.4 Å². The van der Waals surface area contributed by atoms with Crippen molar-refractivity contribution in [2.45, 2.75) is 51.1 Å². The van der Waals surface area contributed by atoms with Crippen molar-refractivity contribution in [3.63, 3.8) is 0 Å². The molecular formula is C19H28ClN3O2. The number of rotatable bonds is 5. The summed E-state index contributed by atoms with van der Waals surface area (Å²) >= 11 is 0. The number of piperidine rings is 1. The zero-order valence-corrected chi connectivity index (χ0v) is 15.4. The zero-order valence-electron chi connectivity index (χ0n) is 14.6. The summed E-state index contributed by atoms with van der Waals surface area (Å²) in [5.41, 5.74) is 1.76. The van der Waals surface area contributed by atoms with E-state index in [1.165, 1.54) is 6.42 Å². The van der Waals surface area contributed by atoms with E-state index in [1.807, 2.05) is 29.2 Å². The molecule has 0 spiro atoms. The number of hydrogen-bond acceptors (Lipinski definition) is 3. The fraction of sp³-hybridized carbons (Fsp3) is 0.579. The van der Waals surface area contributed by atoms with Gasteiger partial charge < -0.3 is 15.5 Å². The first-order chi connectivity index (χ1) is 11.7. The van der Waals surface area contributed by atoms with Gasteiger partial charge in [-0.1, -0.05) is 12.1 Å². The van der Waals surface area contributed by atoms with Crippen molar-refractivity contribution >= 4 is 24.2 Å². The van der Waals surface area contributed by atoms with Gasteiger partial charge in [0.05, 0.1) is 0 Å². The second kappa shape index (κ2) is 9.78. The summed E-state index contributed by atoms with van der Waals surface area (Å²) in [4.78, 5) is 26.3. The SMILES string of the molecule is Cl.O=C(CC1CCCN1)NCc1ccc(C(=O)N2CCCCC2)cc1. The minimum Gasteiger partial charge on any atom is -0.352 e. The van der Waals surface area contributed by atoms with E-state index in [1.54, 1.807) is 0 Å². The molecule has 1 atom stereocenters. The number of benzene rings is 1. The normalized spacial score (nSPS) is 20.0. The van der Waals surface area contributed by atoms with Crippen LogP contribution in [0.25, 0.3) is 0 Å². The van der Waals surface area contributed by atoms with Crippen LogP contribution in [0, 0.1) is 0 Å². The molecule has 2 fully saturated rings. The number of carbonyl (C=O) groups excluding carboxylic acids is 2. The molecule has 2 aliphatic rings. The Hall–Kier alpha value is -1.59. The number of nitrogens with one attached hydrogen (secondary N) is 2. The van der Waals surface area contributed by atoms with Crippen LogP contribution in [0.3, 0.4) is 0 Å². The molecule has 6 heteroatoms. The summed E-state index contributed by atoms with van der Waals surface area (Å²) in [5, 5.41) is 6.30. The molecule has 0 saturated carbocycles. The van der Waals surface area contributed by atoms with Crippen molar-refractivity contribution < 1.29 is 9.59 Å². The summed E-state index contributed by atoms with van der Waals surface area (Å²) in [6.07, 6.45) is 6.22. The number of halogens is 1. The minimum absolute atomic E-state index is 0. The van der Waals surface area contributed by atoms with Crippen molar-refractivity contribution in [3.8, 4) is 0 Å². The average Bonchev–Trinajstić information content (AvgIpc) is 3.13. The first-order valence-electron chi connectivity index (χ1n) is 9.11. The Balaban J connectivity index is 0.00000225. The van der Waals surface area contributed by atoms with Crippen LogP contribution in [-0.4, -0.2) is 42.4 Å². The van der Waals surface area contributed by atoms with Crippen LogP contribution >= 0.6 is 12.4 Å². The molecule has 1 aromatic rings. The van der Waals surface area contributed by atoms with Crippen LogP contribution in [0.15, 0.2) is 24.3 Å². The van der Waals surface area contributed by atoms with Crippen LogP contribution in [-0.2, 0) is 11.3 Å². The lowest BCUT2D eigenvalue weighted by molar-refractivity contribution is -0.121. The van der Waals surface area contributed by atoms with Gasteiger partial charge in [0.2, 0.25) is 5.91 Å². The van der Waals surface area contributed by atoms with E-state index in [9.17, 15) is 9.59 Å². The van der Waals surface area contributed by atoms with Crippen LogP contribution in [0.2, 0.25) is 0 Å². The quantitative estimate of drug-likeness (QED) is 0.842. The van der Waals surface area contributed by atoms with Gasteiger partial charge in [0.1, 0.15) is 0 Å². The van der Waals surface area contributed by atoms with E-state index in [4.69, 9.17) is 0 Å². The Morgan fingerprint density at radius 2 is 1.80 bits per heavy atom. The molecule has 2 aliphatic heterocycles. The Labute approximate surface area is 155 Å². The van der Waals surface area contributed by atoms with Gasteiger partial charge in [0.25, 0.3) is 5.91 Å². The molecule has 0 radical (unpaired) electrons. The van der Waals surface area contributed by atoms with Crippen molar-refractivity contribution in [1.82, 2.24) is 15.5 Å². The van der Waals surface area contributed by atoms with Gasteiger partial charge in [-0.05, 0) is 56.3 Å². The lowest BCUT2D eigenvalue weighted by atomic mass is 10.1. The lowest BCUT2D eigenvalue weighted by Crippen LogP contribution is -2.35. The van der Waals surface area contributed by atoms with E-state index >= 15 is 0 Å². The molecule has 2 N–H and O–H groups in total. The predicted octanol–water partition coefficient (Wildman–Crippen LogP) is 2.49. The van der Waals surface area contributed by atoms with E-state index in [-0.39, 0.29) is 24.2 Å². The van der Waals surface area contributed by atoms with Crippen LogP contribution in [0.4, 0.5) is 0 Å². The number of likely N-dealkylation sites (tertiary alicyclic amines) is 1. The van der Waals surface area contributed by atoms with Gasteiger partial charge in [-0.25, -0.2) is 0 Å². The lowest BCUT2D eigenvalue weighted by Gasteiger charge is -2.26. The van der Waals surface area contributed by atoms with Gasteiger partial charge in [0, 0.05) is 37.7 Å². The molecule has 0 aromatic heterocycles. The summed E-state index contributed by atoms with van der Waals surface area (Å²) < 4.78 is 0. The Morgan fingerprint density at radius 1 is 1.08 bits per heavy atom. The Bertz CT molecular complexity index is 565. The number of nitrogens with zero attached hydrogens (tertiary/aromatic N) is 1. The van der Waals surface area contributed by atoms with Gasteiger partial charge in [0.15, 0.2) is 0 Å². The highest BCUT2D eigenvalue weighted by atomic mass is 35.5. The maximum absolute atomic E-state index is 12.4. The molecule has 25 heavy (non-hydrogen) atoms. The molecule has 2 saturated heterocycles. The monoisotopic (exact) mass is 365 g/mol. The molecule has 0 bridgehead atoms. The molecule has 0 aliphatic carbocycles. The molecule has 2 amide bonds. The molecular weight excluding hydrogens is 338 g/mol. The van der Waals surface area contributed by atoms with Crippen molar-refractivity contribution in [1.29, 1.82) is 0 Å². The van der Waals surface area contributed by atoms with Crippen molar-refractivity contribution in [3.05, 3.63) is 35.4 Å². The van der Waals surface area contributed by atoms with E-state index in [2.05, 4.69) is 10.6 Å². The standard InChI is InChI=1S/C19H27N3O2.ClH/c23-18(13-17-5-4-10-20-17)21-14-15-6-8-16(9-7-15)19(24)22-11-2-1-3-12-22;/h6-9,17,20H,1-5,10-14H2,(H,21,23);1H. The van der Waals surface area contributed by atoms with Gasteiger partial charge in [-0.15, -0.1) is 12.4 Å². The summed E-state index contributed by atoms with van der Waals surface area (Å²) in [6, 6.07) is 7.94. The highest BCUT2D eigenvalue weighted by Crippen LogP contribution is 2.14. The summed E-state index contributed by atoms with van der Waals surface area (Å²) in [6.45, 7) is 3.27. The number of hydrogen-bond donors (Lipinski definition) is 2. The molecule has 5 nitrogen and oxygen atoms in total. The molecule has 1 aromatic carbocycles. The van der Waals surface area contributed by atoms with Gasteiger partial charge in [-0.2, -0.15) is 0 Å². The zero-order chi connectivity index (χ0) is 16.8. The van der Waals surface area contributed by atoms with Gasteiger partial charge >= 0.3 is 0 Å². The first-order valence-corrected chi connectivity index (χ1v) is 9.11. The number of amides is 2. The minimum atomic E-state index is 0. The van der Waals surface area contributed by atoms with Crippen molar-refractivity contribution in [2.24, 2.45) is 0 Å². The largest absolute Gasteiger partial charge is 0.352 e. The fourth-order valence-electron chi connectivity index (χ4n) is 3.47. The van der Waals surface area contributed by atoms with Crippen LogP contribution in [0.5, 0.6) is 0 Å². The average molecular weight is 366 g/mol. The fourth-order valence-corrected chi connectivity index (χ4v) is 3.47.